The van der Waals surface area contributed by atoms with Gasteiger partial charge >= 0.3 is 6.09 Å². The van der Waals surface area contributed by atoms with E-state index in [1.165, 1.54) is 11.1 Å². The molecule has 0 bridgehead atoms. The van der Waals surface area contributed by atoms with Gasteiger partial charge in [-0.15, -0.1) is 0 Å². The van der Waals surface area contributed by atoms with Gasteiger partial charge in [-0.2, -0.15) is 0 Å². The van der Waals surface area contributed by atoms with Gasteiger partial charge in [0.25, 0.3) is 0 Å². The summed E-state index contributed by atoms with van der Waals surface area (Å²) in [5, 5.41) is 1.20. The van der Waals surface area contributed by atoms with Crippen molar-refractivity contribution in [3.63, 3.8) is 0 Å². The van der Waals surface area contributed by atoms with Crippen LogP contribution in [0.1, 0.15) is 20.8 Å². The predicted molar refractivity (Wildman–Crippen MR) is 98.7 cm³/mol. The number of nitrogens with zero attached hydrogens (tertiary/aromatic N) is 3. The van der Waals surface area contributed by atoms with E-state index in [4.69, 9.17) is 4.74 Å². The summed E-state index contributed by atoms with van der Waals surface area (Å²) in [5.41, 5.74) is 1.85. The number of carbonyl (C=O) groups is 1. The number of anilines is 1. The molecule has 5 nitrogen and oxygen atoms in total. The molecule has 1 aromatic heterocycles. The zero-order chi connectivity index (χ0) is 17.6. The van der Waals surface area contributed by atoms with Crippen LogP contribution in [0, 0.1) is 11.8 Å². The van der Waals surface area contributed by atoms with Crippen molar-refractivity contribution in [3.8, 4) is 0 Å². The minimum atomic E-state index is -0.434. The molecule has 2 saturated heterocycles. The lowest BCUT2D eigenvalue weighted by Gasteiger charge is -2.26. The average Bonchev–Trinajstić information content (AvgIpc) is 3.11. The monoisotopic (exact) mass is 339 g/mol. The maximum Gasteiger partial charge on any atom is 0.410 e. The normalized spacial score (nSPS) is 23.2. The van der Waals surface area contributed by atoms with Crippen molar-refractivity contribution < 1.29 is 9.53 Å². The third-order valence-electron chi connectivity index (χ3n) is 5.10. The van der Waals surface area contributed by atoms with Crippen molar-refractivity contribution in [2.75, 3.05) is 31.1 Å². The number of aromatic nitrogens is 1. The van der Waals surface area contributed by atoms with Gasteiger partial charge in [0, 0.05) is 55.3 Å². The molecule has 2 aromatic rings. The third kappa shape index (κ3) is 3.15. The quantitative estimate of drug-likeness (QED) is 0.797. The summed E-state index contributed by atoms with van der Waals surface area (Å²) in [5.74, 6) is 1.03. The van der Waals surface area contributed by atoms with Gasteiger partial charge in [0.05, 0.1) is 5.52 Å². The summed E-state index contributed by atoms with van der Waals surface area (Å²) in [6, 6.07) is 10.4. The van der Waals surface area contributed by atoms with Crippen molar-refractivity contribution in [2.45, 2.75) is 26.4 Å². The van der Waals surface area contributed by atoms with Crippen LogP contribution in [-0.2, 0) is 4.74 Å². The molecular weight excluding hydrogens is 314 g/mol. The summed E-state index contributed by atoms with van der Waals surface area (Å²) in [6.45, 7) is 9.29. The Balaban J connectivity index is 1.47. The summed E-state index contributed by atoms with van der Waals surface area (Å²) in [7, 11) is 0. The zero-order valence-corrected chi connectivity index (χ0v) is 15.1. The third-order valence-corrected chi connectivity index (χ3v) is 5.10. The van der Waals surface area contributed by atoms with Crippen LogP contribution in [0.5, 0.6) is 0 Å². The van der Waals surface area contributed by atoms with Crippen LogP contribution in [0.3, 0.4) is 0 Å². The highest BCUT2D eigenvalue weighted by Crippen LogP contribution is 2.36. The van der Waals surface area contributed by atoms with Gasteiger partial charge < -0.3 is 14.5 Å². The van der Waals surface area contributed by atoms with Gasteiger partial charge in [-0.05, 0) is 32.9 Å². The molecular formula is C20H25N3O2. The first-order valence-electron chi connectivity index (χ1n) is 8.97. The zero-order valence-electron chi connectivity index (χ0n) is 15.1. The number of benzene rings is 1. The van der Waals surface area contributed by atoms with Gasteiger partial charge in [0.1, 0.15) is 5.60 Å². The van der Waals surface area contributed by atoms with Crippen LogP contribution in [0.25, 0.3) is 10.9 Å². The van der Waals surface area contributed by atoms with Crippen molar-refractivity contribution in [2.24, 2.45) is 11.8 Å². The highest BCUT2D eigenvalue weighted by atomic mass is 16.6. The van der Waals surface area contributed by atoms with Crippen molar-refractivity contribution in [1.82, 2.24) is 9.88 Å². The molecule has 25 heavy (non-hydrogen) atoms. The Morgan fingerprint density at radius 1 is 1.08 bits per heavy atom. The van der Waals surface area contributed by atoms with E-state index in [2.05, 4.69) is 34.1 Å². The summed E-state index contributed by atoms with van der Waals surface area (Å²) in [6.07, 6.45) is 1.71. The second-order valence-corrected chi connectivity index (χ2v) is 8.16. The van der Waals surface area contributed by atoms with E-state index in [9.17, 15) is 4.79 Å². The van der Waals surface area contributed by atoms with Crippen LogP contribution >= 0.6 is 0 Å². The van der Waals surface area contributed by atoms with E-state index in [0.29, 0.717) is 11.8 Å². The van der Waals surface area contributed by atoms with E-state index >= 15 is 0 Å². The van der Waals surface area contributed by atoms with E-state index in [0.717, 1.165) is 31.7 Å². The first kappa shape index (κ1) is 16.2. The fraction of sp³-hybridized carbons (Fsp3) is 0.500. The molecule has 1 amide bonds. The van der Waals surface area contributed by atoms with E-state index in [1.54, 1.807) is 0 Å². The predicted octanol–water partition coefficient (Wildman–Crippen LogP) is 3.54. The van der Waals surface area contributed by atoms with Crippen LogP contribution in [0.4, 0.5) is 10.5 Å². The smallest absolute Gasteiger partial charge is 0.410 e. The molecule has 0 radical (unpaired) electrons. The fourth-order valence-electron chi connectivity index (χ4n) is 4.02. The molecule has 132 valence electrons. The molecule has 5 heteroatoms. The van der Waals surface area contributed by atoms with Gasteiger partial charge in [-0.1, -0.05) is 18.2 Å². The standard InChI is InChI=1S/C20H25N3O2/c1-20(2,3)25-19(24)23-12-14-10-22(11-15(14)13-23)18-8-9-21-17-7-5-4-6-16(17)18/h4-9,14-15H,10-13H2,1-3H3. The topological polar surface area (TPSA) is 45.7 Å². The Bertz CT molecular complexity index is 780. The molecule has 2 unspecified atom stereocenters. The van der Waals surface area contributed by atoms with Gasteiger partial charge in [0.15, 0.2) is 0 Å². The number of ether oxygens (including phenoxy) is 1. The highest BCUT2D eigenvalue weighted by Gasteiger charge is 2.43. The van der Waals surface area contributed by atoms with Crippen LogP contribution in [0.2, 0.25) is 0 Å². The second kappa shape index (κ2) is 5.90. The fourth-order valence-corrected chi connectivity index (χ4v) is 4.02. The minimum Gasteiger partial charge on any atom is -0.444 e. The Hall–Kier alpha value is -2.30. The second-order valence-electron chi connectivity index (χ2n) is 8.16. The lowest BCUT2D eigenvalue weighted by molar-refractivity contribution is 0.0282. The maximum absolute atomic E-state index is 12.3. The molecule has 2 aliphatic rings. The Morgan fingerprint density at radius 3 is 2.44 bits per heavy atom. The molecule has 4 rings (SSSR count). The number of hydrogen-bond acceptors (Lipinski definition) is 4. The number of pyridine rings is 1. The number of amides is 1. The van der Waals surface area contributed by atoms with Gasteiger partial charge in [0.2, 0.25) is 0 Å². The molecule has 0 aliphatic carbocycles. The van der Waals surface area contributed by atoms with Crippen LogP contribution in [0.15, 0.2) is 36.5 Å². The lowest BCUT2D eigenvalue weighted by atomic mass is 10.0. The molecule has 2 atom stereocenters. The van der Waals surface area contributed by atoms with Crippen LogP contribution < -0.4 is 4.90 Å². The molecule has 1 aromatic carbocycles. The average molecular weight is 339 g/mol. The summed E-state index contributed by atoms with van der Waals surface area (Å²) < 4.78 is 5.52. The van der Waals surface area contributed by atoms with E-state index < -0.39 is 5.60 Å². The van der Waals surface area contributed by atoms with Crippen molar-refractivity contribution in [3.05, 3.63) is 36.5 Å². The first-order chi connectivity index (χ1) is 11.9. The van der Waals surface area contributed by atoms with Gasteiger partial charge in [-0.3, -0.25) is 4.98 Å². The van der Waals surface area contributed by atoms with E-state index in [-0.39, 0.29) is 6.09 Å². The first-order valence-corrected chi connectivity index (χ1v) is 8.97. The van der Waals surface area contributed by atoms with Crippen molar-refractivity contribution in [1.29, 1.82) is 0 Å². The summed E-state index contributed by atoms with van der Waals surface area (Å²) >= 11 is 0. The Labute approximate surface area is 148 Å². The highest BCUT2D eigenvalue weighted by molar-refractivity contribution is 5.91. The molecule has 0 N–H and O–H groups in total. The number of likely N-dealkylation sites (tertiary alicyclic amines) is 1. The molecule has 0 spiro atoms. The lowest BCUT2D eigenvalue weighted by Crippen LogP contribution is -2.37. The molecule has 2 fully saturated rings. The number of hydrogen-bond donors (Lipinski definition) is 0. The van der Waals surface area contributed by atoms with Crippen molar-refractivity contribution >= 4 is 22.7 Å². The van der Waals surface area contributed by atoms with Crippen LogP contribution in [-0.4, -0.2) is 47.8 Å². The number of fused-ring (bicyclic) bond motifs is 2. The maximum atomic E-state index is 12.3. The number of carbonyl (C=O) groups excluding carboxylic acids is 1. The Morgan fingerprint density at radius 2 is 1.76 bits per heavy atom. The molecule has 3 heterocycles. The number of rotatable bonds is 1. The largest absolute Gasteiger partial charge is 0.444 e. The SMILES string of the molecule is CC(C)(C)OC(=O)N1CC2CN(c3ccnc4ccccc34)CC2C1. The minimum absolute atomic E-state index is 0.178. The molecule has 2 aliphatic heterocycles. The van der Waals surface area contributed by atoms with E-state index in [1.807, 2.05) is 37.9 Å². The summed E-state index contributed by atoms with van der Waals surface area (Å²) in [4.78, 5) is 21.1. The van der Waals surface area contributed by atoms with Gasteiger partial charge in [-0.25, -0.2) is 4.79 Å². The number of para-hydroxylation sites is 1. The Kier molecular flexibility index (Phi) is 3.82. The molecule has 0 saturated carbocycles.